The lowest BCUT2D eigenvalue weighted by Crippen LogP contribution is -2.13. The first-order valence-electron chi connectivity index (χ1n) is 8.71. The molecule has 0 spiro atoms. The Bertz CT molecular complexity index is 1070. The van der Waals surface area contributed by atoms with Gasteiger partial charge in [0, 0.05) is 23.1 Å². The number of hydrogen-bond acceptors (Lipinski definition) is 3. The molecule has 0 bridgehead atoms. The van der Waals surface area contributed by atoms with Crippen molar-refractivity contribution in [1.82, 2.24) is 0 Å². The summed E-state index contributed by atoms with van der Waals surface area (Å²) in [7, 11) is 0. The van der Waals surface area contributed by atoms with Crippen LogP contribution in [0.25, 0.3) is 6.08 Å². The molecule has 0 unspecified atom stereocenters. The van der Waals surface area contributed by atoms with Gasteiger partial charge in [0.25, 0.3) is 5.91 Å². The molecule has 4 nitrogen and oxygen atoms in total. The maximum absolute atomic E-state index is 12.5. The van der Waals surface area contributed by atoms with E-state index in [1.54, 1.807) is 24.3 Å². The van der Waals surface area contributed by atoms with Crippen molar-refractivity contribution in [2.24, 2.45) is 0 Å². The van der Waals surface area contributed by atoms with Crippen LogP contribution in [0.2, 0.25) is 0 Å². The van der Waals surface area contributed by atoms with Crippen molar-refractivity contribution >= 4 is 29.1 Å². The molecular weight excluding hydrogens is 336 g/mol. The van der Waals surface area contributed by atoms with Crippen LogP contribution >= 0.6 is 0 Å². The van der Waals surface area contributed by atoms with Crippen molar-refractivity contribution in [3.63, 3.8) is 0 Å². The monoisotopic (exact) mass is 354 g/mol. The summed E-state index contributed by atoms with van der Waals surface area (Å²) in [6.07, 6.45) is 2.53. The molecule has 1 amide bonds. The highest BCUT2D eigenvalue weighted by molar-refractivity contribution is 6.15. The van der Waals surface area contributed by atoms with Crippen LogP contribution in [0.4, 0.5) is 11.4 Å². The fourth-order valence-electron chi connectivity index (χ4n) is 3.21. The predicted octanol–water partition coefficient (Wildman–Crippen LogP) is 4.34. The molecule has 0 heterocycles. The molecule has 0 aromatic heterocycles. The van der Waals surface area contributed by atoms with Gasteiger partial charge in [-0.3, -0.25) is 9.59 Å². The number of nitrogen functional groups attached to an aromatic ring is 1. The standard InChI is InChI=1S/C23H18N2O2/c24-20-7-3-4-8-21(20)25-23(27)16-11-9-15(10-12-16)13-18-14-17-5-1-2-6-19(17)22(18)26/h1-13H,14,24H2,(H,25,27)/b18-13+. The Balaban J connectivity index is 1.51. The normalized spacial score (nSPS) is 14.2. The van der Waals surface area contributed by atoms with Gasteiger partial charge >= 0.3 is 0 Å². The summed E-state index contributed by atoms with van der Waals surface area (Å²) in [5.41, 5.74) is 11.0. The van der Waals surface area contributed by atoms with Crippen LogP contribution in [0.3, 0.4) is 0 Å². The number of rotatable bonds is 3. The second kappa shape index (κ2) is 6.92. The Morgan fingerprint density at radius 2 is 1.63 bits per heavy atom. The van der Waals surface area contributed by atoms with Crippen LogP contribution in [0.1, 0.15) is 31.8 Å². The van der Waals surface area contributed by atoms with Crippen molar-refractivity contribution in [2.75, 3.05) is 11.1 Å². The van der Waals surface area contributed by atoms with Gasteiger partial charge in [-0.1, -0.05) is 48.5 Å². The van der Waals surface area contributed by atoms with Gasteiger partial charge in [-0.05, 0) is 41.5 Å². The van der Waals surface area contributed by atoms with E-state index in [0.29, 0.717) is 23.4 Å². The molecule has 0 radical (unpaired) electrons. The maximum Gasteiger partial charge on any atom is 0.255 e. The third-order valence-electron chi connectivity index (χ3n) is 4.66. The highest BCUT2D eigenvalue weighted by Crippen LogP contribution is 2.27. The van der Waals surface area contributed by atoms with E-state index >= 15 is 0 Å². The molecule has 1 aliphatic rings. The molecular formula is C23H18N2O2. The van der Waals surface area contributed by atoms with Gasteiger partial charge in [-0.2, -0.15) is 0 Å². The molecule has 132 valence electrons. The number of Topliss-reactive ketones (excluding diaryl/α,β-unsaturated/α-hetero) is 1. The SMILES string of the molecule is Nc1ccccc1NC(=O)c1ccc(/C=C2\Cc3ccccc3C2=O)cc1. The third-order valence-corrected chi connectivity index (χ3v) is 4.66. The fourth-order valence-corrected chi connectivity index (χ4v) is 3.21. The highest BCUT2D eigenvalue weighted by Gasteiger charge is 2.23. The number of fused-ring (bicyclic) bond motifs is 1. The summed E-state index contributed by atoms with van der Waals surface area (Å²) < 4.78 is 0. The number of hydrogen-bond donors (Lipinski definition) is 2. The van der Waals surface area contributed by atoms with Gasteiger partial charge in [-0.15, -0.1) is 0 Å². The number of para-hydroxylation sites is 2. The number of carbonyl (C=O) groups excluding carboxylic acids is 2. The number of amides is 1. The van der Waals surface area contributed by atoms with Gasteiger partial charge in [0.1, 0.15) is 0 Å². The van der Waals surface area contributed by atoms with Crippen LogP contribution < -0.4 is 11.1 Å². The Morgan fingerprint density at radius 1 is 0.926 bits per heavy atom. The number of anilines is 2. The van der Waals surface area contributed by atoms with Gasteiger partial charge < -0.3 is 11.1 Å². The zero-order valence-corrected chi connectivity index (χ0v) is 14.6. The summed E-state index contributed by atoms with van der Waals surface area (Å²) >= 11 is 0. The molecule has 0 atom stereocenters. The topological polar surface area (TPSA) is 72.2 Å². The van der Waals surface area contributed by atoms with Crippen molar-refractivity contribution in [2.45, 2.75) is 6.42 Å². The fraction of sp³-hybridized carbons (Fsp3) is 0.0435. The quantitative estimate of drug-likeness (QED) is 0.543. The molecule has 0 saturated carbocycles. The first-order valence-corrected chi connectivity index (χ1v) is 8.71. The van der Waals surface area contributed by atoms with E-state index < -0.39 is 0 Å². The van der Waals surface area contributed by atoms with E-state index in [4.69, 9.17) is 5.73 Å². The van der Waals surface area contributed by atoms with Gasteiger partial charge in [0.15, 0.2) is 5.78 Å². The summed E-state index contributed by atoms with van der Waals surface area (Å²) in [6.45, 7) is 0. The minimum atomic E-state index is -0.226. The second-order valence-corrected chi connectivity index (χ2v) is 6.50. The highest BCUT2D eigenvalue weighted by atomic mass is 16.1. The summed E-state index contributed by atoms with van der Waals surface area (Å²) in [6, 6.07) is 22.0. The summed E-state index contributed by atoms with van der Waals surface area (Å²) in [5, 5.41) is 2.80. The minimum absolute atomic E-state index is 0.0759. The number of allylic oxidation sites excluding steroid dienone is 1. The lowest BCUT2D eigenvalue weighted by molar-refractivity contribution is 0.102. The number of benzene rings is 3. The molecule has 27 heavy (non-hydrogen) atoms. The number of carbonyl (C=O) groups is 2. The van der Waals surface area contributed by atoms with Crippen LogP contribution in [0.5, 0.6) is 0 Å². The Kier molecular flexibility index (Phi) is 4.30. The third kappa shape index (κ3) is 3.37. The summed E-state index contributed by atoms with van der Waals surface area (Å²) in [4.78, 5) is 24.9. The number of nitrogens with one attached hydrogen (secondary N) is 1. The number of ketones is 1. The minimum Gasteiger partial charge on any atom is -0.397 e. The molecule has 4 heteroatoms. The molecule has 0 fully saturated rings. The molecule has 3 aromatic rings. The van der Waals surface area contributed by atoms with Crippen molar-refractivity contribution in [1.29, 1.82) is 0 Å². The van der Waals surface area contributed by atoms with E-state index in [1.807, 2.05) is 54.6 Å². The van der Waals surface area contributed by atoms with Crippen molar-refractivity contribution < 1.29 is 9.59 Å². The van der Waals surface area contributed by atoms with Gasteiger partial charge in [0.05, 0.1) is 11.4 Å². The Morgan fingerprint density at radius 3 is 2.37 bits per heavy atom. The zero-order valence-electron chi connectivity index (χ0n) is 14.6. The lowest BCUT2D eigenvalue weighted by Gasteiger charge is -2.08. The van der Waals surface area contributed by atoms with Crippen LogP contribution in [-0.4, -0.2) is 11.7 Å². The molecule has 3 N–H and O–H groups in total. The summed E-state index contributed by atoms with van der Waals surface area (Å²) in [5.74, 6) is -0.150. The number of nitrogens with two attached hydrogens (primary N) is 1. The molecule has 3 aromatic carbocycles. The molecule has 1 aliphatic carbocycles. The van der Waals surface area contributed by atoms with E-state index in [9.17, 15) is 9.59 Å². The predicted molar refractivity (Wildman–Crippen MR) is 108 cm³/mol. The Labute approximate surface area is 157 Å². The zero-order chi connectivity index (χ0) is 18.8. The average molecular weight is 354 g/mol. The second-order valence-electron chi connectivity index (χ2n) is 6.50. The van der Waals surface area contributed by atoms with Crippen LogP contribution in [0.15, 0.2) is 78.4 Å². The molecule has 4 rings (SSSR count). The van der Waals surface area contributed by atoms with Gasteiger partial charge in [-0.25, -0.2) is 0 Å². The van der Waals surface area contributed by atoms with E-state index in [0.717, 1.165) is 22.3 Å². The average Bonchev–Trinajstić information content (AvgIpc) is 3.00. The first-order chi connectivity index (χ1) is 13.1. The maximum atomic E-state index is 12.5. The van der Waals surface area contributed by atoms with E-state index in [1.165, 1.54) is 0 Å². The largest absolute Gasteiger partial charge is 0.397 e. The van der Waals surface area contributed by atoms with Crippen molar-refractivity contribution in [3.8, 4) is 0 Å². The van der Waals surface area contributed by atoms with Crippen molar-refractivity contribution in [3.05, 3.63) is 101 Å². The lowest BCUT2D eigenvalue weighted by atomic mass is 10.1. The van der Waals surface area contributed by atoms with Crippen LogP contribution in [0, 0.1) is 0 Å². The molecule has 0 saturated heterocycles. The van der Waals surface area contributed by atoms with E-state index in [2.05, 4.69) is 5.32 Å². The van der Waals surface area contributed by atoms with Gasteiger partial charge in [0.2, 0.25) is 0 Å². The van der Waals surface area contributed by atoms with E-state index in [-0.39, 0.29) is 11.7 Å². The first kappa shape index (κ1) is 16.8. The molecule has 0 aliphatic heterocycles. The smallest absolute Gasteiger partial charge is 0.255 e. The Hall–Kier alpha value is -3.66. The van der Waals surface area contributed by atoms with Crippen LogP contribution in [-0.2, 0) is 6.42 Å².